The van der Waals surface area contributed by atoms with Crippen molar-refractivity contribution in [2.24, 2.45) is 0 Å². The van der Waals surface area contributed by atoms with Gasteiger partial charge >= 0.3 is 5.97 Å². The van der Waals surface area contributed by atoms with Gasteiger partial charge in [0.1, 0.15) is 16.4 Å². The molecule has 1 aromatic heterocycles. The van der Waals surface area contributed by atoms with E-state index in [1.807, 2.05) is 31.2 Å². The van der Waals surface area contributed by atoms with Gasteiger partial charge in [-0.15, -0.1) is 23.1 Å². The molecule has 3 aromatic carbocycles. The van der Waals surface area contributed by atoms with E-state index in [1.54, 1.807) is 60.7 Å². The molecule has 0 spiro atoms. The maximum absolute atomic E-state index is 13.7. The van der Waals surface area contributed by atoms with E-state index < -0.39 is 23.0 Å². The fourth-order valence-electron chi connectivity index (χ4n) is 5.56. The van der Waals surface area contributed by atoms with Crippen molar-refractivity contribution in [3.8, 4) is 5.75 Å². The largest absolute Gasteiger partial charge is 0.496 e. The molecule has 49 heavy (non-hydrogen) atoms. The third kappa shape index (κ3) is 8.98. The molecule has 4 aromatic rings. The summed E-state index contributed by atoms with van der Waals surface area (Å²) >= 11 is 2.83. The molecule has 1 atom stereocenters. The van der Waals surface area contributed by atoms with Crippen molar-refractivity contribution >= 4 is 63.6 Å². The summed E-state index contributed by atoms with van der Waals surface area (Å²) in [7, 11) is 2.90. The number of esters is 1. The van der Waals surface area contributed by atoms with Crippen LogP contribution in [0.25, 0.3) is 6.08 Å². The van der Waals surface area contributed by atoms with Crippen molar-refractivity contribution in [1.82, 2.24) is 5.32 Å². The predicted octanol–water partition coefficient (Wildman–Crippen LogP) is 7.73. The van der Waals surface area contributed by atoms with Crippen LogP contribution >= 0.6 is 23.1 Å². The fourth-order valence-corrected chi connectivity index (χ4v) is 7.85. The van der Waals surface area contributed by atoms with Gasteiger partial charge in [-0.3, -0.25) is 14.4 Å². The highest BCUT2D eigenvalue weighted by molar-refractivity contribution is 8.00. The van der Waals surface area contributed by atoms with Crippen LogP contribution in [-0.2, 0) is 27.2 Å². The van der Waals surface area contributed by atoms with Crippen LogP contribution in [0.2, 0.25) is 0 Å². The van der Waals surface area contributed by atoms with Crippen molar-refractivity contribution in [1.29, 1.82) is 0 Å². The summed E-state index contributed by atoms with van der Waals surface area (Å²) in [5.41, 5.74) is 2.99. The molecule has 5 rings (SSSR count). The second-order valence-electron chi connectivity index (χ2n) is 11.4. The number of rotatable bonds is 12. The summed E-state index contributed by atoms with van der Waals surface area (Å²) in [5.74, 6) is -1.07. The molecule has 0 radical (unpaired) electrons. The van der Waals surface area contributed by atoms with E-state index in [9.17, 15) is 19.2 Å². The molecule has 254 valence electrons. The molecule has 11 heteroatoms. The van der Waals surface area contributed by atoms with Gasteiger partial charge in [-0.2, -0.15) is 0 Å². The fraction of sp³-hybridized carbons (Fsp3) is 0.263. The minimum absolute atomic E-state index is 0.0259. The van der Waals surface area contributed by atoms with Gasteiger partial charge in [-0.25, -0.2) is 4.79 Å². The maximum Gasteiger partial charge on any atom is 0.341 e. The topological polar surface area (TPSA) is 123 Å². The van der Waals surface area contributed by atoms with Crippen molar-refractivity contribution in [2.75, 3.05) is 24.9 Å². The van der Waals surface area contributed by atoms with Crippen LogP contribution < -0.4 is 20.7 Å². The maximum atomic E-state index is 13.7. The molecule has 3 amide bonds. The van der Waals surface area contributed by atoms with Crippen LogP contribution in [0.15, 0.2) is 89.5 Å². The Kier molecular flexibility index (Phi) is 12.3. The molecule has 1 unspecified atom stereocenters. The molecule has 3 N–H and O–H groups in total. The first-order chi connectivity index (χ1) is 23.8. The number of carbonyl (C=O) groups is 4. The normalized spacial score (nSPS) is 13.3. The second kappa shape index (κ2) is 17.0. The van der Waals surface area contributed by atoms with Crippen LogP contribution in [0.1, 0.15) is 69.3 Å². The van der Waals surface area contributed by atoms with Gasteiger partial charge in [-0.05, 0) is 80.1 Å². The number of thiophene rings is 1. The number of nitrogens with one attached hydrogen (secondary N) is 3. The van der Waals surface area contributed by atoms with Crippen molar-refractivity contribution in [3.63, 3.8) is 0 Å². The minimum Gasteiger partial charge on any atom is -0.496 e. The third-order valence-electron chi connectivity index (χ3n) is 8.05. The summed E-state index contributed by atoms with van der Waals surface area (Å²) < 4.78 is 10.6. The molecule has 1 aliphatic rings. The number of aryl methyl sites for hydroxylation is 1. The zero-order chi connectivity index (χ0) is 34.8. The van der Waals surface area contributed by atoms with Crippen molar-refractivity contribution in [3.05, 3.63) is 112 Å². The smallest absolute Gasteiger partial charge is 0.341 e. The molecule has 1 aliphatic carbocycles. The standard InChI is InChI=1S/C38H39N3O6S2/c1-4-31(36(44)41-37-33(38(45)47-3)28-19-9-6-10-21-32(28)49-37)48-27-18-13-17-26(23-27)39-35(43)29(22-25-16-11-12-20-30(25)46-2)40-34(42)24-14-7-5-8-15-24/h5,7-8,11-18,20,22-23,31H,4,6,9-10,19,21H2,1-3H3,(H,39,43)(H,40,42)(H,41,44)/b29-22+. The van der Waals surface area contributed by atoms with Gasteiger partial charge in [0, 0.05) is 26.6 Å². The first kappa shape index (κ1) is 35.4. The molecule has 0 bridgehead atoms. The van der Waals surface area contributed by atoms with Crippen LogP contribution in [-0.4, -0.2) is 43.2 Å². The SMILES string of the molecule is CCC(Sc1cccc(NC(=O)/C(=C\c2ccccc2OC)NC(=O)c2ccccc2)c1)C(=O)Nc1sc2c(c1C(=O)OC)CCCCC2. The Balaban J connectivity index is 1.33. The monoisotopic (exact) mass is 697 g/mol. The number of thioether (sulfide) groups is 1. The number of hydrogen-bond donors (Lipinski definition) is 3. The zero-order valence-corrected chi connectivity index (χ0v) is 29.3. The number of ether oxygens (including phenoxy) is 2. The number of benzene rings is 3. The Morgan fingerprint density at radius 2 is 1.65 bits per heavy atom. The Morgan fingerprint density at radius 1 is 0.898 bits per heavy atom. The third-order valence-corrected chi connectivity index (χ3v) is 10.6. The highest BCUT2D eigenvalue weighted by atomic mass is 32.2. The Hall–Kier alpha value is -4.87. The lowest BCUT2D eigenvalue weighted by molar-refractivity contribution is -0.116. The quantitative estimate of drug-likeness (QED) is 0.0599. The van der Waals surface area contributed by atoms with E-state index in [2.05, 4.69) is 16.0 Å². The molecule has 0 saturated heterocycles. The predicted molar refractivity (Wildman–Crippen MR) is 195 cm³/mol. The number of para-hydroxylation sites is 1. The number of hydrogen-bond acceptors (Lipinski definition) is 8. The number of carbonyl (C=O) groups excluding carboxylic acids is 4. The number of anilines is 2. The molecule has 0 fully saturated rings. The lowest BCUT2D eigenvalue weighted by atomic mass is 10.1. The summed E-state index contributed by atoms with van der Waals surface area (Å²) in [4.78, 5) is 55.0. The van der Waals surface area contributed by atoms with Crippen molar-refractivity contribution < 1.29 is 28.7 Å². The summed E-state index contributed by atoms with van der Waals surface area (Å²) in [6.45, 7) is 1.93. The van der Waals surface area contributed by atoms with Gasteiger partial charge in [0.2, 0.25) is 5.91 Å². The first-order valence-electron chi connectivity index (χ1n) is 16.1. The van der Waals surface area contributed by atoms with E-state index in [-0.39, 0.29) is 11.6 Å². The summed E-state index contributed by atoms with van der Waals surface area (Å²) in [6.07, 6.45) is 6.94. The highest BCUT2D eigenvalue weighted by Crippen LogP contribution is 2.39. The van der Waals surface area contributed by atoms with E-state index in [0.29, 0.717) is 39.5 Å². The van der Waals surface area contributed by atoms with Crippen LogP contribution in [0.5, 0.6) is 5.75 Å². The van der Waals surface area contributed by atoms with Gasteiger partial charge in [-0.1, -0.05) is 55.8 Å². The average molecular weight is 698 g/mol. The summed E-state index contributed by atoms with van der Waals surface area (Å²) in [5, 5.41) is 8.74. The molecule has 9 nitrogen and oxygen atoms in total. The molecular weight excluding hydrogens is 659 g/mol. The van der Waals surface area contributed by atoms with Gasteiger partial charge < -0.3 is 25.4 Å². The number of amides is 3. The van der Waals surface area contributed by atoms with Gasteiger partial charge in [0.05, 0.1) is 25.0 Å². The van der Waals surface area contributed by atoms with E-state index in [0.717, 1.165) is 47.4 Å². The minimum atomic E-state index is -0.532. The Labute approximate surface area is 294 Å². The van der Waals surface area contributed by atoms with E-state index in [1.165, 1.54) is 37.3 Å². The average Bonchev–Trinajstić information content (AvgIpc) is 3.29. The van der Waals surface area contributed by atoms with E-state index >= 15 is 0 Å². The van der Waals surface area contributed by atoms with Crippen molar-refractivity contribution in [2.45, 2.75) is 55.6 Å². The van der Waals surface area contributed by atoms with Crippen LogP contribution in [0.4, 0.5) is 10.7 Å². The van der Waals surface area contributed by atoms with Gasteiger partial charge in [0.15, 0.2) is 0 Å². The Bertz CT molecular complexity index is 1850. The van der Waals surface area contributed by atoms with Crippen LogP contribution in [0, 0.1) is 0 Å². The summed E-state index contributed by atoms with van der Waals surface area (Å²) in [6, 6.07) is 23.0. The highest BCUT2D eigenvalue weighted by Gasteiger charge is 2.28. The zero-order valence-electron chi connectivity index (χ0n) is 27.7. The lowest BCUT2D eigenvalue weighted by Gasteiger charge is -2.16. The van der Waals surface area contributed by atoms with Crippen LogP contribution in [0.3, 0.4) is 0 Å². The number of methoxy groups -OCH3 is 2. The lowest BCUT2D eigenvalue weighted by Crippen LogP contribution is -2.30. The Morgan fingerprint density at radius 3 is 2.41 bits per heavy atom. The first-order valence-corrected chi connectivity index (χ1v) is 17.8. The van der Waals surface area contributed by atoms with E-state index in [4.69, 9.17) is 9.47 Å². The number of fused-ring (bicyclic) bond motifs is 1. The molecule has 1 heterocycles. The second-order valence-corrected chi connectivity index (χ2v) is 13.7. The molecule has 0 aliphatic heterocycles. The molecule has 0 saturated carbocycles. The molecular formula is C38H39N3O6S2. The van der Waals surface area contributed by atoms with Gasteiger partial charge in [0.25, 0.3) is 11.8 Å².